The van der Waals surface area contributed by atoms with Gasteiger partial charge >= 0.3 is 0 Å². The Morgan fingerprint density at radius 1 is 1.26 bits per heavy atom. The minimum absolute atomic E-state index is 0.0311. The van der Waals surface area contributed by atoms with Crippen LogP contribution in [-0.2, 0) is 11.0 Å². The maximum Gasteiger partial charge on any atom is 0.224 e. The van der Waals surface area contributed by atoms with Crippen molar-refractivity contribution in [1.82, 2.24) is 19.9 Å². The van der Waals surface area contributed by atoms with E-state index in [4.69, 9.17) is 17.3 Å². The zero-order chi connectivity index (χ0) is 16.6. The predicted molar refractivity (Wildman–Crippen MR) is 94.9 cm³/mol. The normalized spacial score (nSPS) is 12.3. The Morgan fingerprint density at radius 3 is 2.74 bits per heavy atom. The Balaban J connectivity index is 2.34. The van der Waals surface area contributed by atoms with Gasteiger partial charge in [-0.3, -0.25) is 9.97 Å². The highest BCUT2D eigenvalue weighted by atomic mass is 79.9. The number of halogens is 2. The van der Waals surface area contributed by atoms with Crippen molar-refractivity contribution in [2.75, 3.05) is 16.3 Å². The van der Waals surface area contributed by atoms with E-state index in [1.54, 1.807) is 24.5 Å². The second kappa shape index (κ2) is 6.34. The van der Waals surface area contributed by atoms with Crippen LogP contribution in [0.25, 0.3) is 11.0 Å². The molecule has 0 aliphatic heterocycles. The second-order valence-corrected chi connectivity index (χ2v) is 6.86. The van der Waals surface area contributed by atoms with Crippen LogP contribution < -0.4 is 10.0 Å². The summed E-state index contributed by atoms with van der Waals surface area (Å²) in [5.74, 6) is 0.329. The van der Waals surface area contributed by atoms with E-state index in [2.05, 4.69) is 35.9 Å². The van der Waals surface area contributed by atoms with E-state index in [-0.39, 0.29) is 5.28 Å². The lowest BCUT2D eigenvalue weighted by Gasteiger charge is -2.23. The number of rotatable bonds is 3. The highest BCUT2D eigenvalue weighted by Gasteiger charge is 2.24. The fourth-order valence-corrected chi connectivity index (χ4v) is 3.53. The third-order valence-electron chi connectivity index (χ3n) is 2.99. The number of nitrogen functional groups attached to an aromatic ring is 1. The molecule has 3 aromatic rings. The molecule has 0 saturated heterocycles. The van der Waals surface area contributed by atoms with Crippen LogP contribution in [-0.4, -0.2) is 30.4 Å². The number of hydrogen-bond donors (Lipinski definition) is 1. The maximum atomic E-state index is 12.4. The lowest BCUT2D eigenvalue weighted by atomic mass is 10.2. The topological polar surface area (TPSA) is 97.9 Å². The molecule has 3 rings (SSSR count). The first-order chi connectivity index (χ1) is 11.0. The van der Waals surface area contributed by atoms with Crippen molar-refractivity contribution < 1.29 is 4.21 Å². The van der Waals surface area contributed by atoms with Gasteiger partial charge in [0.2, 0.25) is 5.28 Å². The van der Waals surface area contributed by atoms with Crippen LogP contribution in [0.3, 0.4) is 0 Å². The number of nitrogens with zero attached hydrogens (tertiary/aromatic N) is 5. The van der Waals surface area contributed by atoms with Crippen molar-refractivity contribution >= 4 is 66.7 Å². The molecule has 1 atom stereocenters. The Bertz CT molecular complexity index is 924. The molecule has 2 N–H and O–H groups in total. The molecule has 118 valence electrons. The zero-order valence-electron chi connectivity index (χ0n) is 11.8. The molecule has 0 aliphatic rings. The van der Waals surface area contributed by atoms with Crippen molar-refractivity contribution in [1.29, 1.82) is 0 Å². The van der Waals surface area contributed by atoms with Gasteiger partial charge in [0.25, 0.3) is 0 Å². The summed E-state index contributed by atoms with van der Waals surface area (Å²) in [7, 11) is -1.48. The third-order valence-corrected chi connectivity index (χ3v) is 4.61. The smallest absolute Gasteiger partial charge is 0.224 e. The van der Waals surface area contributed by atoms with Gasteiger partial charge in [0, 0.05) is 24.8 Å². The number of anilines is 3. The van der Waals surface area contributed by atoms with Crippen LogP contribution in [0.5, 0.6) is 0 Å². The fraction of sp³-hybridized carbons (Fsp3) is 0.0769. The van der Waals surface area contributed by atoms with Gasteiger partial charge in [-0.25, -0.2) is 13.5 Å². The summed E-state index contributed by atoms with van der Waals surface area (Å²) in [4.78, 5) is 16.6. The van der Waals surface area contributed by atoms with E-state index in [0.717, 1.165) is 0 Å². The Kier molecular flexibility index (Phi) is 4.42. The summed E-state index contributed by atoms with van der Waals surface area (Å²) in [5.41, 5.74) is 8.11. The molecule has 7 nitrogen and oxygen atoms in total. The summed E-state index contributed by atoms with van der Waals surface area (Å²) in [5, 5.41) is 0.0311. The van der Waals surface area contributed by atoms with Crippen LogP contribution in [0.2, 0.25) is 5.28 Å². The molecule has 0 aliphatic carbocycles. The van der Waals surface area contributed by atoms with Crippen molar-refractivity contribution in [3.05, 3.63) is 40.5 Å². The van der Waals surface area contributed by atoms with Crippen LogP contribution >= 0.6 is 27.5 Å². The van der Waals surface area contributed by atoms with Crippen LogP contribution in [0, 0.1) is 0 Å². The Hall–Kier alpha value is -1.84. The minimum atomic E-state index is -1.48. The van der Waals surface area contributed by atoms with E-state index in [9.17, 15) is 4.21 Å². The molecule has 0 spiro atoms. The molecule has 2 heterocycles. The van der Waals surface area contributed by atoms with Gasteiger partial charge in [0.05, 0.1) is 15.7 Å². The Morgan fingerprint density at radius 2 is 2.00 bits per heavy atom. The maximum absolute atomic E-state index is 12.4. The predicted octanol–water partition coefficient (Wildman–Crippen LogP) is 2.85. The average Bonchev–Trinajstić information content (AvgIpc) is 2.53. The van der Waals surface area contributed by atoms with Crippen molar-refractivity contribution in [2.24, 2.45) is 0 Å². The quantitative estimate of drug-likeness (QED) is 0.524. The van der Waals surface area contributed by atoms with Crippen molar-refractivity contribution in [2.45, 2.75) is 0 Å². The molecule has 1 aromatic carbocycles. The largest absolute Gasteiger partial charge is 0.397 e. The average molecular weight is 414 g/mol. The number of aromatic nitrogens is 4. The number of fused-ring (bicyclic) bond motifs is 1. The fourth-order valence-electron chi connectivity index (χ4n) is 2.09. The van der Waals surface area contributed by atoms with Gasteiger partial charge in [-0.1, -0.05) is 0 Å². The molecular formula is C13H10BrClN6OS. The molecule has 0 saturated carbocycles. The standard InChI is InChI=1S/C13H10BrClN6OS/c1-23(22)21(12-7(14)6-19-13(15)20-12)11-8(16)2-3-9-10(11)18-5-4-17-9/h2-6H,16H2,1H3. The summed E-state index contributed by atoms with van der Waals surface area (Å²) in [6.45, 7) is 0. The summed E-state index contributed by atoms with van der Waals surface area (Å²) < 4.78 is 14.4. The highest BCUT2D eigenvalue weighted by Crippen LogP contribution is 2.38. The summed E-state index contributed by atoms with van der Waals surface area (Å²) >= 11 is 9.23. The third kappa shape index (κ3) is 2.99. The number of nitrogens with two attached hydrogens (primary N) is 1. The van der Waals surface area contributed by atoms with Crippen LogP contribution in [0.15, 0.2) is 35.2 Å². The van der Waals surface area contributed by atoms with Gasteiger partial charge in [0.1, 0.15) is 22.2 Å². The van der Waals surface area contributed by atoms with Gasteiger partial charge in [0.15, 0.2) is 5.82 Å². The Labute approximate surface area is 147 Å². The first-order valence-electron chi connectivity index (χ1n) is 6.30. The monoisotopic (exact) mass is 412 g/mol. The lowest BCUT2D eigenvalue weighted by Crippen LogP contribution is -2.22. The summed E-state index contributed by atoms with van der Waals surface area (Å²) in [6, 6.07) is 3.43. The van der Waals surface area contributed by atoms with Crippen LogP contribution in [0.1, 0.15) is 0 Å². The second-order valence-electron chi connectivity index (χ2n) is 4.46. The molecule has 0 radical (unpaired) electrons. The van der Waals surface area contributed by atoms with Gasteiger partial charge in [-0.2, -0.15) is 4.98 Å². The highest BCUT2D eigenvalue weighted by molar-refractivity contribution is 9.10. The van der Waals surface area contributed by atoms with Gasteiger partial charge in [-0.05, 0) is 39.7 Å². The van der Waals surface area contributed by atoms with Crippen molar-refractivity contribution in [3.63, 3.8) is 0 Å². The molecule has 0 amide bonds. The number of hydrogen-bond acceptors (Lipinski definition) is 6. The van der Waals surface area contributed by atoms with E-state index < -0.39 is 11.0 Å². The molecule has 23 heavy (non-hydrogen) atoms. The van der Waals surface area contributed by atoms with Gasteiger partial charge < -0.3 is 5.73 Å². The molecule has 2 aromatic heterocycles. The van der Waals surface area contributed by atoms with Gasteiger partial charge in [-0.15, -0.1) is 0 Å². The SMILES string of the molecule is CS(=O)N(c1nc(Cl)ncc1Br)c1c(N)ccc2nccnc12. The minimum Gasteiger partial charge on any atom is -0.397 e. The van der Waals surface area contributed by atoms with Crippen LogP contribution in [0.4, 0.5) is 17.2 Å². The van der Waals surface area contributed by atoms with E-state index in [0.29, 0.717) is 32.7 Å². The summed E-state index contributed by atoms with van der Waals surface area (Å²) in [6.07, 6.45) is 6.12. The molecular weight excluding hydrogens is 404 g/mol. The first kappa shape index (κ1) is 16.0. The molecule has 10 heteroatoms. The molecule has 0 bridgehead atoms. The lowest BCUT2D eigenvalue weighted by molar-refractivity contribution is 0.686. The number of benzene rings is 1. The molecule has 0 fully saturated rings. The molecule has 1 unspecified atom stereocenters. The van der Waals surface area contributed by atoms with Crippen molar-refractivity contribution in [3.8, 4) is 0 Å². The van der Waals surface area contributed by atoms with E-state index in [1.807, 2.05) is 0 Å². The zero-order valence-corrected chi connectivity index (χ0v) is 14.9. The first-order valence-corrected chi connectivity index (χ1v) is 8.98. The van der Waals surface area contributed by atoms with E-state index in [1.165, 1.54) is 16.8 Å². The van der Waals surface area contributed by atoms with E-state index >= 15 is 0 Å².